The van der Waals surface area contributed by atoms with Crippen LogP contribution in [0, 0.1) is 24.4 Å². The van der Waals surface area contributed by atoms with Gasteiger partial charge in [0.15, 0.2) is 23.2 Å². The summed E-state index contributed by atoms with van der Waals surface area (Å²) in [6, 6.07) is 7.08. The van der Waals surface area contributed by atoms with Crippen molar-refractivity contribution in [2.75, 3.05) is 6.61 Å². The molecule has 0 bridgehead atoms. The fourth-order valence-electron chi connectivity index (χ4n) is 2.19. The molecule has 118 valence electrons. The molecule has 0 spiro atoms. The number of rotatable bonds is 6. The Kier molecular flexibility index (Phi) is 5.47. The van der Waals surface area contributed by atoms with Crippen LogP contribution in [0.4, 0.5) is 13.2 Å². The average molecular weight is 308 g/mol. The van der Waals surface area contributed by atoms with E-state index in [1.807, 2.05) is 0 Å². The minimum atomic E-state index is -0.962. The minimum absolute atomic E-state index is 0.0412. The highest BCUT2D eigenvalue weighted by Crippen LogP contribution is 2.29. The van der Waals surface area contributed by atoms with Crippen molar-refractivity contribution in [1.29, 1.82) is 0 Å². The van der Waals surface area contributed by atoms with Crippen LogP contribution in [-0.2, 0) is 0 Å². The molecule has 0 aliphatic heterocycles. The van der Waals surface area contributed by atoms with Gasteiger partial charge in [-0.2, -0.15) is 0 Å². The van der Waals surface area contributed by atoms with Crippen LogP contribution in [0.25, 0.3) is 11.1 Å². The molecule has 2 rings (SSSR count). The maximum atomic E-state index is 14.0. The van der Waals surface area contributed by atoms with Gasteiger partial charge in [0.1, 0.15) is 0 Å². The van der Waals surface area contributed by atoms with Crippen LogP contribution in [0.15, 0.2) is 30.3 Å². The first-order valence-electron chi connectivity index (χ1n) is 7.42. The Labute approximate surface area is 128 Å². The summed E-state index contributed by atoms with van der Waals surface area (Å²) in [5.74, 6) is -2.31. The lowest BCUT2D eigenvalue weighted by molar-refractivity contribution is 0.291. The van der Waals surface area contributed by atoms with Crippen LogP contribution < -0.4 is 4.74 Å². The van der Waals surface area contributed by atoms with Crippen molar-refractivity contribution in [3.05, 3.63) is 53.3 Å². The van der Waals surface area contributed by atoms with Crippen molar-refractivity contribution < 1.29 is 17.9 Å². The number of benzene rings is 2. The minimum Gasteiger partial charge on any atom is -0.491 e. The van der Waals surface area contributed by atoms with E-state index in [1.54, 1.807) is 0 Å². The SMILES string of the molecule is CCCCCOc1ccc(-c2ccc(C)c(F)c2F)cc1F. The number of ether oxygens (including phenoxy) is 1. The number of aryl methyl sites for hydroxylation is 1. The van der Waals surface area contributed by atoms with Crippen molar-refractivity contribution in [2.24, 2.45) is 0 Å². The Hall–Kier alpha value is -1.97. The largest absolute Gasteiger partial charge is 0.491 e. The van der Waals surface area contributed by atoms with Crippen LogP contribution in [-0.4, -0.2) is 6.61 Å². The molecule has 0 unspecified atom stereocenters. The highest BCUT2D eigenvalue weighted by atomic mass is 19.2. The van der Waals surface area contributed by atoms with Gasteiger partial charge < -0.3 is 4.74 Å². The Bertz CT molecular complexity index is 653. The lowest BCUT2D eigenvalue weighted by Crippen LogP contribution is -1.99. The van der Waals surface area contributed by atoms with Crippen LogP contribution in [0.1, 0.15) is 31.7 Å². The Morgan fingerprint density at radius 2 is 1.73 bits per heavy atom. The van der Waals surface area contributed by atoms with Gasteiger partial charge in [-0.1, -0.05) is 38.0 Å². The number of hydrogen-bond donors (Lipinski definition) is 0. The quantitative estimate of drug-likeness (QED) is 0.627. The molecule has 0 saturated heterocycles. The first-order chi connectivity index (χ1) is 10.5. The van der Waals surface area contributed by atoms with Gasteiger partial charge in [0.25, 0.3) is 0 Å². The summed E-state index contributed by atoms with van der Waals surface area (Å²) in [6.07, 6.45) is 2.94. The molecule has 0 radical (unpaired) electrons. The molecule has 22 heavy (non-hydrogen) atoms. The smallest absolute Gasteiger partial charge is 0.166 e. The van der Waals surface area contributed by atoms with E-state index in [0.717, 1.165) is 19.3 Å². The fourth-order valence-corrected chi connectivity index (χ4v) is 2.19. The molecule has 2 aromatic carbocycles. The summed E-state index contributed by atoms with van der Waals surface area (Å²) in [7, 11) is 0. The predicted molar refractivity (Wildman–Crippen MR) is 81.5 cm³/mol. The van der Waals surface area contributed by atoms with Gasteiger partial charge in [-0.15, -0.1) is 0 Å². The average Bonchev–Trinajstić information content (AvgIpc) is 2.51. The lowest BCUT2D eigenvalue weighted by atomic mass is 10.0. The van der Waals surface area contributed by atoms with Crippen LogP contribution in [0.5, 0.6) is 5.75 Å². The highest BCUT2D eigenvalue weighted by molar-refractivity contribution is 5.65. The summed E-state index contributed by atoms with van der Waals surface area (Å²) in [6.45, 7) is 4.00. The molecule has 0 amide bonds. The molecule has 0 N–H and O–H groups in total. The Balaban J connectivity index is 2.21. The van der Waals surface area contributed by atoms with E-state index >= 15 is 0 Å². The van der Waals surface area contributed by atoms with Gasteiger partial charge >= 0.3 is 0 Å². The maximum Gasteiger partial charge on any atom is 0.166 e. The second-order valence-electron chi connectivity index (χ2n) is 5.26. The van der Waals surface area contributed by atoms with Gasteiger partial charge in [0.05, 0.1) is 6.61 Å². The Morgan fingerprint density at radius 3 is 2.41 bits per heavy atom. The van der Waals surface area contributed by atoms with Gasteiger partial charge in [-0.3, -0.25) is 0 Å². The second-order valence-corrected chi connectivity index (χ2v) is 5.26. The first kappa shape index (κ1) is 16.4. The molecule has 0 aromatic heterocycles. The first-order valence-corrected chi connectivity index (χ1v) is 7.42. The summed E-state index contributed by atoms with van der Waals surface area (Å²) in [5.41, 5.74) is 0.548. The molecule has 4 heteroatoms. The molecule has 0 atom stereocenters. The molecule has 1 nitrogen and oxygen atoms in total. The summed E-state index contributed by atoms with van der Waals surface area (Å²) in [4.78, 5) is 0. The third-order valence-electron chi connectivity index (χ3n) is 3.52. The van der Waals surface area contributed by atoms with Crippen LogP contribution >= 0.6 is 0 Å². The third-order valence-corrected chi connectivity index (χ3v) is 3.52. The van der Waals surface area contributed by atoms with E-state index in [2.05, 4.69) is 6.92 Å². The van der Waals surface area contributed by atoms with E-state index in [0.29, 0.717) is 6.61 Å². The predicted octanol–water partition coefficient (Wildman–Crippen LogP) is 5.65. The third kappa shape index (κ3) is 3.62. The summed E-state index contributed by atoms with van der Waals surface area (Å²) in [5, 5.41) is 0. The molecule has 0 heterocycles. The molecule has 0 fully saturated rings. The standard InChI is InChI=1S/C18H19F3O/c1-3-4-5-10-22-16-9-7-13(11-15(16)19)14-8-6-12(2)17(20)18(14)21/h6-9,11H,3-5,10H2,1-2H3. The Morgan fingerprint density at radius 1 is 0.955 bits per heavy atom. The summed E-state index contributed by atoms with van der Waals surface area (Å²) >= 11 is 0. The normalized spacial score (nSPS) is 10.8. The molecule has 0 aliphatic carbocycles. The zero-order valence-corrected chi connectivity index (χ0v) is 12.8. The number of halogens is 3. The number of unbranched alkanes of at least 4 members (excludes halogenated alkanes) is 2. The number of hydrogen-bond acceptors (Lipinski definition) is 1. The molecule has 2 aromatic rings. The monoisotopic (exact) mass is 308 g/mol. The topological polar surface area (TPSA) is 9.23 Å². The maximum absolute atomic E-state index is 14.0. The molecule has 0 aliphatic rings. The van der Waals surface area contributed by atoms with Gasteiger partial charge in [-0.25, -0.2) is 13.2 Å². The fraction of sp³-hybridized carbons (Fsp3) is 0.333. The van der Waals surface area contributed by atoms with E-state index in [1.165, 1.54) is 37.3 Å². The van der Waals surface area contributed by atoms with Crippen molar-refractivity contribution in [2.45, 2.75) is 33.1 Å². The van der Waals surface area contributed by atoms with Crippen molar-refractivity contribution in [1.82, 2.24) is 0 Å². The van der Waals surface area contributed by atoms with Crippen molar-refractivity contribution in [3.63, 3.8) is 0 Å². The molecular formula is C18H19F3O. The zero-order valence-electron chi connectivity index (χ0n) is 12.8. The van der Waals surface area contributed by atoms with E-state index in [4.69, 9.17) is 4.74 Å². The zero-order chi connectivity index (χ0) is 16.1. The van der Waals surface area contributed by atoms with E-state index in [9.17, 15) is 13.2 Å². The second kappa shape index (κ2) is 7.34. The molecular weight excluding hydrogens is 289 g/mol. The lowest BCUT2D eigenvalue weighted by Gasteiger charge is -2.10. The van der Waals surface area contributed by atoms with Gasteiger partial charge in [0.2, 0.25) is 0 Å². The van der Waals surface area contributed by atoms with Crippen molar-refractivity contribution >= 4 is 0 Å². The van der Waals surface area contributed by atoms with Crippen LogP contribution in [0.2, 0.25) is 0 Å². The van der Waals surface area contributed by atoms with Crippen molar-refractivity contribution in [3.8, 4) is 16.9 Å². The highest BCUT2D eigenvalue weighted by Gasteiger charge is 2.14. The molecule has 0 saturated carbocycles. The van der Waals surface area contributed by atoms with Gasteiger partial charge in [0, 0.05) is 5.56 Å². The van der Waals surface area contributed by atoms with E-state index < -0.39 is 17.5 Å². The summed E-state index contributed by atoms with van der Waals surface area (Å²) < 4.78 is 46.9. The van der Waals surface area contributed by atoms with E-state index in [-0.39, 0.29) is 22.4 Å². The van der Waals surface area contributed by atoms with Gasteiger partial charge in [-0.05, 0) is 36.6 Å². The van der Waals surface area contributed by atoms with Crippen LogP contribution in [0.3, 0.4) is 0 Å².